The van der Waals surface area contributed by atoms with Gasteiger partial charge in [0.05, 0.1) is 7.11 Å². The molecule has 2 rings (SSSR count). The van der Waals surface area contributed by atoms with Gasteiger partial charge in [0.2, 0.25) is 6.79 Å². The van der Waals surface area contributed by atoms with Crippen molar-refractivity contribution < 1.29 is 19.4 Å². The van der Waals surface area contributed by atoms with Crippen LogP contribution < -0.4 is 19.7 Å². The molecule has 82 valence electrons. The van der Waals surface area contributed by atoms with E-state index in [4.69, 9.17) is 19.4 Å². The van der Waals surface area contributed by atoms with Gasteiger partial charge in [-0.3, -0.25) is 0 Å². The Morgan fingerprint density at radius 3 is 3.07 bits per heavy atom. The lowest BCUT2D eigenvalue weighted by Gasteiger charge is -2.11. The maximum absolute atomic E-state index is 8.69. The summed E-state index contributed by atoms with van der Waals surface area (Å²) < 4.78 is 16.4. The molecule has 0 radical (unpaired) electrons. The van der Waals surface area contributed by atoms with Gasteiger partial charge >= 0.3 is 0 Å². The smallest absolute Gasteiger partial charge is 0.231 e. The van der Waals surface area contributed by atoms with Gasteiger partial charge in [0.1, 0.15) is 10.2 Å². The number of halogens is 1. The Hall–Kier alpha value is -0.980. The Bertz CT molecular complexity index is 383. The minimum atomic E-state index is 0.201. The summed E-state index contributed by atoms with van der Waals surface area (Å²) in [4.78, 5) is 0. The fourth-order valence-electron chi connectivity index (χ4n) is 1.47. The molecule has 0 saturated carbocycles. The van der Waals surface area contributed by atoms with Crippen molar-refractivity contribution in [1.29, 1.82) is 0 Å². The molecule has 0 aliphatic carbocycles. The maximum atomic E-state index is 8.69. The van der Waals surface area contributed by atoms with Gasteiger partial charge in [-0.25, -0.2) is 5.48 Å². The van der Waals surface area contributed by atoms with E-state index in [1.165, 1.54) is 0 Å². The Morgan fingerprint density at radius 1 is 1.60 bits per heavy atom. The summed E-state index contributed by atoms with van der Waals surface area (Å²) >= 11 is 3.37. The average Bonchev–Trinajstić information content (AvgIpc) is 2.67. The average molecular weight is 276 g/mol. The van der Waals surface area contributed by atoms with E-state index in [0.717, 1.165) is 5.56 Å². The molecule has 1 aliphatic rings. The van der Waals surface area contributed by atoms with Crippen LogP contribution in [0.5, 0.6) is 17.2 Å². The van der Waals surface area contributed by atoms with E-state index < -0.39 is 0 Å². The molecule has 2 N–H and O–H groups in total. The number of hydrogen-bond acceptors (Lipinski definition) is 5. The summed E-state index contributed by atoms with van der Waals surface area (Å²) in [7, 11) is 1.56. The van der Waals surface area contributed by atoms with Gasteiger partial charge in [0.25, 0.3) is 0 Å². The van der Waals surface area contributed by atoms with Gasteiger partial charge in [-0.15, -0.1) is 0 Å². The van der Waals surface area contributed by atoms with Gasteiger partial charge < -0.3 is 19.4 Å². The molecular formula is C9H10BrNO4. The predicted molar refractivity (Wildman–Crippen MR) is 55.4 cm³/mol. The van der Waals surface area contributed by atoms with Crippen molar-refractivity contribution in [2.24, 2.45) is 0 Å². The van der Waals surface area contributed by atoms with Crippen LogP contribution in [0.2, 0.25) is 0 Å². The molecule has 15 heavy (non-hydrogen) atoms. The summed E-state index contributed by atoms with van der Waals surface area (Å²) in [5, 5.41) is 8.69. The lowest BCUT2D eigenvalue weighted by molar-refractivity contribution is 0.160. The molecule has 0 spiro atoms. The van der Waals surface area contributed by atoms with E-state index in [1.807, 2.05) is 0 Å². The van der Waals surface area contributed by atoms with Crippen molar-refractivity contribution in [3.63, 3.8) is 0 Å². The van der Waals surface area contributed by atoms with Gasteiger partial charge in [-0.05, 0) is 22.0 Å². The number of nitrogens with one attached hydrogen (secondary N) is 1. The SMILES string of the molecule is COc1c(CNO)cc2c(c1Br)OCO2. The van der Waals surface area contributed by atoms with E-state index >= 15 is 0 Å². The number of rotatable bonds is 3. The van der Waals surface area contributed by atoms with Crippen LogP contribution in [0.25, 0.3) is 0 Å². The second-order valence-electron chi connectivity index (χ2n) is 2.95. The van der Waals surface area contributed by atoms with Crippen molar-refractivity contribution >= 4 is 15.9 Å². The number of benzene rings is 1. The van der Waals surface area contributed by atoms with Crippen LogP contribution >= 0.6 is 15.9 Å². The zero-order valence-corrected chi connectivity index (χ0v) is 9.63. The summed E-state index contributed by atoms with van der Waals surface area (Å²) in [6, 6.07) is 1.77. The quantitative estimate of drug-likeness (QED) is 0.822. The normalized spacial score (nSPS) is 13.0. The zero-order valence-electron chi connectivity index (χ0n) is 8.04. The molecule has 0 amide bonds. The molecule has 0 unspecified atom stereocenters. The van der Waals surface area contributed by atoms with Gasteiger partial charge in [-0.2, -0.15) is 0 Å². The first-order valence-electron chi connectivity index (χ1n) is 4.30. The maximum Gasteiger partial charge on any atom is 0.231 e. The van der Waals surface area contributed by atoms with E-state index in [-0.39, 0.29) is 13.3 Å². The van der Waals surface area contributed by atoms with E-state index in [0.29, 0.717) is 21.7 Å². The molecule has 0 fully saturated rings. The lowest BCUT2D eigenvalue weighted by Crippen LogP contribution is -2.07. The summed E-state index contributed by atoms with van der Waals surface area (Å²) in [6.45, 7) is 0.478. The first-order chi connectivity index (χ1) is 7.27. The third-order valence-electron chi connectivity index (χ3n) is 2.11. The van der Waals surface area contributed by atoms with Crippen molar-refractivity contribution in [3.05, 3.63) is 16.1 Å². The molecule has 0 saturated heterocycles. The number of ether oxygens (including phenoxy) is 3. The van der Waals surface area contributed by atoms with Crippen molar-refractivity contribution in [1.82, 2.24) is 5.48 Å². The first-order valence-corrected chi connectivity index (χ1v) is 5.09. The van der Waals surface area contributed by atoms with Gasteiger partial charge in [0.15, 0.2) is 11.5 Å². The molecule has 1 aliphatic heterocycles. The van der Waals surface area contributed by atoms with Crippen molar-refractivity contribution in [2.45, 2.75) is 6.54 Å². The van der Waals surface area contributed by atoms with Crippen LogP contribution in [0.15, 0.2) is 10.5 Å². The highest BCUT2D eigenvalue weighted by atomic mass is 79.9. The highest BCUT2D eigenvalue weighted by Gasteiger charge is 2.23. The molecule has 0 aromatic heterocycles. The Balaban J connectivity index is 2.51. The van der Waals surface area contributed by atoms with Crippen LogP contribution in [-0.4, -0.2) is 19.1 Å². The van der Waals surface area contributed by atoms with Gasteiger partial charge in [0, 0.05) is 12.1 Å². The largest absolute Gasteiger partial charge is 0.495 e. The summed E-state index contributed by atoms with van der Waals surface area (Å²) in [5.74, 6) is 1.90. The minimum Gasteiger partial charge on any atom is -0.495 e. The third-order valence-corrected chi connectivity index (χ3v) is 2.83. The number of hydrogen-bond donors (Lipinski definition) is 2. The van der Waals surface area contributed by atoms with Gasteiger partial charge in [-0.1, -0.05) is 0 Å². The molecule has 5 nitrogen and oxygen atoms in total. The van der Waals surface area contributed by atoms with Crippen molar-refractivity contribution in [3.8, 4) is 17.2 Å². The molecule has 0 bridgehead atoms. The van der Waals surface area contributed by atoms with Crippen LogP contribution in [0.4, 0.5) is 0 Å². The van der Waals surface area contributed by atoms with Crippen LogP contribution in [0.1, 0.15) is 5.56 Å². The number of hydroxylamine groups is 1. The molecular weight excluding hydrogens is 266 g/mol. The van der Waals surface area contributed by atoms with E-state index in [9.17, 15) is 0 Å². The lowest BCUT2D eigenvalue weighted by atomic mass is 10.2. The summed E-state index contributed by atoms with van der Waals surface area (Å²) in [6.07, 6.45) is 0. The molecule has 0 atom stereocenters. The highest BCUT2D eigenvalue weighted by Crippen LogP contribution is 2.46. The Labute approximate surface area is 95.0 Å². The van der Waals surface area contributed by atoms with E-state index in [1.54, 1.807) is 13.2 Å². The van der Waals surface area contributed by atoms with Crippen LogP contribution in [0, 0.1) is 0 Å². The van der Waals surface area contributed by atoms with Crippen molar-refractivity contribution in [2.75, 3.05) is 13.9 Å². The first kappa shape index (κ1) is 10.5. The second kappa shape index (κ2) is 4.26. The predicted octanol–water partition coefficient (Wildman–Crippen LogP) is 1.67. The zero-order chi connectivity index (χ0) is 10.8. The number of fused-ring (bicyclic) bond motifs is 1. The standard InChI is InChI=1S/C9H10BrNO4/c1-13-8-5(3-11-12)2-6-9(7(8)10)15-4-14-6/h2,11-12H,3-4H2,1H3. The second-order valence-corrected chi connectivity index (χ2v) is 3.74. The highest BCUT2D eigenvalue weighted by molar-refractivity contribution is 9.10. The minimum absolute atomic E-state index is 0.201. The van der Waals surface area contributed by atoms with E-state index in [2.05, 4.69) is 21.4 Å². The summed E-state index contributed by atoms with van der Waals surface area (Å²) in [5.41, 5.74) is 2.87. The molecule has 1 heterocycles. The fraction of sp³-hybridized carbons (Fsp3) is 0.333. The monoisotopic (exact) mass is 275 g/mol. The Morgan fingerprint density at radius 2 is 2.40 bits per heavy atom. The Kier molecular flexibility index (Phi) is 2.99. The molecule has 1 aromatic carbocycles. The molecule has 6 heteroatoms. The van der Waals surface area contributed by atoms with Crippen LogP contribution in [0.3, 0.4) is 0 Å². The third kappa shape index (κ3) is 1.75. The fourth-order valence-corrected chi connectivity index (χ4v) is 2.20. The molecule has 1 aromatic rings. The number of methoxy groups -OCH3 is 1. The van der Waals surface area contributed by atoms with Crippen LogP contribution in [-0.2, 0) is 6.54 Å². The topological polar surface area (TPSA) is 60.0 Å².